The molecular weight excluding hydrogens is 386 g/mol. The first kappa shape index (κ1) is 20.8. The van der Waals surface area contributed by atoms with Gasteiger partial charge in [0.1, 0.15) is 11.6 Å². The number of nitrogens with one attached hydrogen (secondary N) is 1. The SMILES string of the molecule is CCOc1cc(C(=O)NC(C)(C)c2nc(C)cs2)ccc1OCc1ccncc1. The molecule has 0 fully saturated rings. The van der Waals surface area contributed by atoms with Crippen molar-refractivity contribution in [3.8, 4) is 11.5 Å². The van der Waals surface area contributed by atoms with Crippen molar-refractivity contribution in [2.45, 2.75) is 39.8 Å². The average Bonchev–Trinajstić information content (AvgIpc) is 3.15. The van der Waals surface area contributed by atoms with Gasteiger partial charge < -0.3 is 14.8 Å². The second-order valence-corrected chi connectivity index (χ2v) is 7.97. The lowest BCUT2D eigenvalue weighted by Crippen LogP contribution is -2.41. The molecule has 2 aromatic heterocycles. The molecule has 0 saturated carbocycles. The highest BCUT2D eigenvalue weighted by Crippen LogP contribution is 2.30. The van der Waals surface area contributed by atoms with Crippen LogP contribution in [0.4, 0.5) is 0 Å². The highest BCUT2D eigenvalue weighted by molar-refractivity contribution is 7.09. The zero-order valence-corrected chi connectivity index (χ0v) is 17.9. The molecule has 0 aliphatic heterocycles. The summed E-state index contributed by atoms with van der Waals surface area (Å²) < 4.78 is 11.6. The Kier molecular flexibility index (Phi) is 6.49. The minimum absolute atomic E-state index is 0.190. The van der Waals surface area contributed by atoms with Gasteiger partial charge in [0.2, 0.25) is 0 Å². The number of hydrogen-bond acceptors (Lipinski definition) is 6. The molecule has 6 nitrogen and oxygen atoms in total. The maximum Gasteiger partial charge on any atom is 0.252 e. The second kappa shape index (κ2) is 9.05. The van der Waals surface area contributed by atoms with E-state index in [9.17, 15) is 4.79 Å². The summed E-state index contributed by atoms with van der Waals surface area (Å²) in [5.41, 5.74) is 1.88. The zero-order chi connectivity index (χ0) is 20.9. The number of carbonyl (C=O) groups is 1. The van der Waals surface area contributed by atoms with Crippen LogP contribution in [-0.4, -0.2) is 22.5 Å². The number of ether oxygens (including phenoxy) is 2. The minimum Gasteiger partial charge on any atom is -0.490 e. The molecule has 29 heavy (non-hydrogen) atoms. The number of pyridine rings is 1. The molecule has 2 heterocycles. The smallest absolute Gasteiger partial charge is 0.252 e. The molecule has 7 heteroatoms. The standard InChI is InChI=1S/C22H25N3O3S/c1-5-27-19-12-17(6-7-18(19)28-13-16-8-10-23-11-9-16)20(26)25-22(3,4)21-24-15(2)14-29-21/h6-12,14H,5,13H2,1-4H3,(H,25,26). The normalized spacial score (nSPS) is 11.2. The van der Waals surface area contributed by atoms with E-state index in [2.05, 4.69) is 15.3 Å². The maximum absolute atomic E-state index is 12.8. The van der Waals surface area contributed by atoms with Crippen LogP contribution < -0.4 is 14.8 Å². The number of aromatic nitrogens is 2. The van der Waals surface area contributed by atoms with Crippen molar-refractivity contribution < 1.29 is 14.3 Å². The van der Waals surface area contributed by atoms with Gasteiger partial charge in [0.25, 0.3) is 5.91 Å². The van der Waals surface area contributed by atoms with Crippen LogP contribution in [0.1, 0.15) is 47.4 Å². The molecule has 0 aliphatic carbocycles. The highest BCUT2D eigenvalue weighted by atomic mass is 32.1. The van der Waals surface area contributed by atoms with Gasteiger partial charge in [-0.3, -0.25) is 9.78 Å². The first-order chi connectivity index (χ1) is 13.9. The van der Waals surface area contributed by atoms with Crippen LogP contribution in [-0.2, 0) is 12.1 Å². The highest BCUT2D eigenvalue weighted by Gasteiger charge is 2.27. The quantitative estimate of drug-likeness (QED) is 0.591. The molecule has 0 bridgehead atoms. The number of hydrogen-bond donors (Lipinski definition) is 1. The fraction of sp³-hybridized carbons (Fsp3) is 0.318. The van der Waals surface area contributed by atoms with Gasteiger partial charge in [-0.1, -0.05) is 0 Å². The Morgan fingerprint density at radius 1 is 1.14 bits per heavy atom. The lowest BCUT2D eigenvalue weighted by atomic mass is 10.1. The van der Waals surface area contributed by atoms with Crippen molar-refractivity contribution in [1.29, 1.82) is 0 Å². The Morgan fingerprint density at radius 3 is 2.55 bits per heavy atom. The summed E-state index contributed by atoms with van der Waals surface area (Å²) in [6.45, 7) is 8.59. The summed E-state index contributed by atoms with van der Waals surface area (Å²) in [7, 11) is 0. The van der Waals surface area contributed by atoms with Crippen molar-refractivity contribution in [2.75, 3.05) is 6.61 Å². The molecule has 0 unspecified atom stereocenters. The summed E-state index contributed by atoms with van der Waals surface area (Å²) in [6, 6.07) is 9.00. The monoisotopic (exact) mass is 411 g/mol. The fourth-order valence-electron chi connectivity index (χ4n) is 2.73. The molecule has 0 radical (unpaired) electrons. The van der Waals surface area contributed by atoms with Crippen molar-refractivity contribution in [1.82, 2.24) is 15.3 Å². The number of amides is 1. The Bertz CT molecular complexity index is 970. The van der Waals surface area contributed by atoms with Crippen LogP contribution in [0.3, 0.4) is 0 Å². The molecule has 0 aliphatic rings. The van der Waals surface area contributed by atoms with E-state index in [0.717, 1.165) is 16.3 Å². The van der Waals surface area contributed by atoms with Crippen LogP contribution >= 0.6 is 11.3 Å². The Labute approximate surface area is 174 Å². The van der Waals surface area contributed by atoms with E-state index in [0.29, 0.717) is 30.3 Å². The van der Waals surface area contributed by atoms with Gasteiger partial charge in [0.05, 0.1) is 12.1 Å². The summed E-state index contributed by atoms with van der Waals surface area (Å²) in [4.78, 5) is 21.4. The van der Waals surface area contributed by atoms with Crippen molar-refractivity contribution in [2.24, 2.45) is 0 Å². The van der Waals surface area contributed by atoms with Gasteiger partial charge in [-0.05, 0) is 63.6 Å². The number of benzene rings is 1. The van der Waals surface area contributed by atoms with Crippen molar-refractivity contribution >= 4 is 17.2 Å². The van der Waals surface area contributed by atoms with Crippen LogP contribution in [0.2, 0.25) is 0 Å². The molecule has 1 amide bonds. The van der Waals surface area contributed by atoms with Crippen LogP contribution in [0.15, 0.2) is 48.1 Å². The van der Waals surface area contributed by atoms with E-state index >= 15 is 0 Å². The molecule has 3 aromatic rings. The summed E-state index contributed by atoms with van der Waals surface area (Å²) in [5.74, 6) is 0.941. The average molecular weight is 412 g/mol. The molecule has 1 N–H and O–H groups in total. The van der Waals surface area contributed by atoms with E-state index in [-0.39, 0.29) is 5.91 Å². The van der Waals surface area contributed by atoms with Gasteiger partial charge in [-0.15, -0.1) is 11.3 Å². The van der Waals surface area contributed by atoms with Gasteiger partial charge >= 0.3 is 0 Å². The van der Waals surface area contributed by atoms with Crippen LogP contribution in [0.5, 0.6) is 11.5 Å². The molecular formula is C22H25N3O3S. The first-order valence-corrected chi connectivity index (χ1v) is 10.3. The summed E-state index contributed by atoms with van der Waals surface area (Å²) in [5, 5.41) is 5.90. The predicted octanol–water partition coefficient (Wildman–Crippen LogP) is 4.49. The largest absolute Gasteiger partial charge is 0.490 e. The zero-order valence-electron chi connectivity index (χ0n) is 17.1. The Morgan fingerprint density at radius 2 is 1.90 bits per heavy atom. The fourth-order valence-corrected chi connectivity index (χ4v) is 3.60. The number of aryl methyl sites for hydroxylation is 1. The van der Waals surface area contributed by atoms with Crippen molar-refractivity contribution in [3.63, 3.8) is 0 Å². The molecule has 0 spiro atoms. The van der Waals surface area contributed by atoms with E-state index in [1.807, 2.05) is 45.2 Å². The van der Waals surface area contributed by atoms with Gasteiger partial charge in [-0.2, -0.15) is 0 Å². The lowest BCUT2D eigenvalue weighted by molar-refractivity contribution is 0.0911. The van der Waals surface area contributed by atoms with Crippen LogP contribution in [0.25, 0.3) is 0 Å². The Balaban J connectivity index is 1.75. The number of carbonyl (C=O) groups excluding carboxylic acids is 1. The number of nitrogens with zero attached hydrogens (tertiary/aromatic N) is 2. The van der Waals surface area contributed by atoms with E-state index < -0.39 is 5.54 Å². The number of rotatable bonds is 8. The third kappa shape index (κ3) is 5.32. The van der Waals surface area contributed by atoms with E-state index in [1.165, 1.54) is 11.3 Å². The molecule has 152 valence electrons. The predicted molar refractivity (Wildman–Crippen MR) is 114 cm³/mol. The molecule has 3 rings (SSSR count). The van der Waals surface area contributed by atoms with Gasteiger partial charge in [0.15, 0.2) is 11.5 Å². The molecule has 1 aromatic carbocycles. The first-order valence-electron chi connectivity index (χ1n) is 9.42. The van der Waals surface area contributed by atoms with E-state index in [4.69, 9.17) is 9.47 Å². The third-order valence-corrected chi connectivity index (χ3v) is 5.51. The number of thiazole rings is 1. The summed E-state index contributed by atoms with van der Waals surface area (Å²) in [6.07, 6.45) is 3.45. The summed E-state index contributed by atoms with van der Waals surface area (Å²) >= 11 is 1.54. The van der Waals surface area contributed by atoms with Crippen molar-refractivity contribution in [3.05, 3.63) is 69.9 Å². The Hall–Kier alpha value is -2.93. The lowest BCUT2D eigenvalue weighted by Gasteiger charge is -2.24. The maximum atomic E-state index is 12.8. The second-order valence-electron chi connectivity index (χ2n) is 7.11. The minimum atomic E-state index is -0.571. The topological polar surface area (TPSA) is 73.3 Å². The van der Waals surface area contributed by atoms with Gasteiger partial charge in [0, 0.05) is 29.0 Å². The third-order valence-electron chi connectivity index (χ3n) is 4.23. The van der Waals surface area contributed by atoms with Crippen LogP contribution in [0, 0.1) is 6.92 Å². The van der Waals surface area contributed by atoms with E-state index in [1.54, 1.807) is 30.6 Å². The molecule has 0 atom stereocenters. The molecule has 0 saturated heterocycles. The van der Waals surface area contributed by atoms with Gasteiger partial charge in [-0.25, -0.2) is 4.98 Å².